The lowest BCUT2D eigenvalue weighted by Crippen LogP contribution is -2.50. The lowest BCUT2D eigenvalue weighted by atomic mass is 9.92. The number of carbonyl (C=O) groups is 2. The molecule has 0 bridgehead atoms. The van der Waals surface area contributed by atoms with Crippen molar-refractivity contribution in [2.75, 3.05) is 13.7 Å². The van der Waals surface area contributed by atoms with Gasteiger partial charge in [-0.2, -0.15) is 0 Å². The Bertz CT molecular complexity index is 353. The van der Waals surface area contributed by atoms with Crippen LogP contribution in [0.15, 0.2) is 0 Å². The van der Waals surface area contributed by atoms with Crippen LogP contribution in [0.3, 0.4) is 0 Å². The summed E-state index contributed by atoms with van der Waals surface area (Å²) in [5.41, 5.74) is -0.662. The number of rotatable bonds is 5. The number of nitrogens with zero attached hydrogens (tertiary/aromatic N) is 1. The van der Waals surface area contributed by atoms with E-state index in [-0.39, 0.29) is 12.5 Å². The standard InChI is InChI=1S/C14H25NO4/c1-5-9-6-10(11(7-9)13(18)19)12(17)15(4)14(2,3)8-16/h9-11,16H,5-8H2,1-4H3,(H,18,19). The zero-order valence-corrected chi connectivity index (χ0v) is 12.2. The number of aliphatic hydroxyl groups excluding tert-OH is 1. The van der Waals surface area contributed by atoms with Crippen molar-refractivity contribution in [2.45, 2.75) is 45.6 Å². The molecule has 0 aromatic carbocycles. The Morgan fingerprint density at radius 1 is 1.26 bits per heavy atom. The number of amides is 1. The van der Waals surface area contributed by atoms with Crippen molar-refractivity contribution in [1.82, 2.24) is 4.90 Å². The number of hydrogen-bond acceptors (Lipinski definition) is 3. The molecule has 1 fully saturated rings. The largest absolute Gasteiger partial charge is 0.481 e. The lowest BCUT2D eigenvalue weighted by molar-refractivity contribution is -0.151. The van der Waals surface area contributed by atoms with Gasteiger partial charge in [0, 0.05) is 7.05 Å². The van der Waals surface area contributed by atoms with Crippen LogP contribution in [0.1, 0.15) is 40.0 Å². The van der Waals surface area contributed by atoms with E-state index >= 15 is 0 Å². The van der Waals surface area contributed by atoms with Gasteiger partial charge in [0.25, 0.3) is 0 Å². The summed E-state index contributed by atoms with van der Waals surface area (Å²) in [6.45, 7) is 5.43. The number of carbonyl (C=O) groups excluding carboxylic acids is 1. The van der Waals surface area contributed by atoms with E-state index in [0.29, 0.717) is 18.8 Å². The predicted octanol–water partition coefficient (Wildman–Crippen LogP) is 1.35. The maximum absolute atomic E-state index is 12.5. The first-order valence-electron chi connectivity index (χ1n) is 6.86. The second-order valence-electron chi connectivity index (χ2n) is 6.16. The van der Waals surface area contributed by atoms with Crippen LogP contribution in [0.25, 0.3) is 0 Å². The average molecular weight is 271 g/mol. The molecule has 1 aliphatic carbocycles. The van der Waals surface area contributed by atoms with Crippen molar-refractivity contribution in [3.8, 4) is 0 Å². The Balaban J connectivity index is 2.88. The first-order chi connectivity index (χ1) is 8.74. The molecule has 0 radical (unpaired) electrons. The van der Waals surface area contributed by atoms with Gasteiger partial charge in [0.15, 0.2) is 0 Å². The summed E-state index contributed by atoms with van der Waals surface area (Å²) in [4.78, 5) is 25.3. The van der Waals surface area contributed by atoms with Gasteiger partial charge in [0.2, 0.25) is 5.91 Å². The highest BCUT2D eigenvalue weighted by molar-refractivity contribution is 5.85. The Morgan fingerprint density at radius 3 is 2.21 bits per heavy atom. The van der Waals surface area contributed by atoms with Gasteiger partial charge >= 0.3 is 5.97 Å². The van der Waals surface area contributed by atoms with Crippen LogP contribution in [0, 0.1) is 17.8 Å². The highest BCUT2D eigenvalue weighted by atomic mass is 16.4. The van der Waals surface area contributed by atoms with E-state index in [9.17, 15) is 19.8 Å². The molecule has 3 atom stereocenters. The molecular weight excluding hydrogens is 246 g/mol. The van der Waals surface area contributed by atoms with Crippen molar-refractivity contribution in [3.05, 3.63) is 0 Å². The number of aliphatic hydroxyl groups is 1. The number of hydrogen-bond donors (Lipinski definition) is 2. The number of aliphatic carboxylic acids is 1. The molecule has 0 heterocycles. The van der Waals surface area contributed by atoms with Crippen molar-refractivity contribution in [1.29, 1.82) is 0 Å². The van der Waals surface area contributed by atoms with Gasteiger partial charge < -0.3 is 15.1 Å². The second kappa shape index (κ2) is 5.90. The van der Waals surface area contributed by atoms with Crippen LogP contribution in [0.2, 0.25) is 0 Å². The predicted molar refractivity (Wildman–Crippen MR) is 71.6 cm³/mol. The molecule has 1 aliphatic rings. The van der Waals surface area contributed by atoms with E-state index < -0.39 is 23.3 Å². The molecular formula is C14H25NO4. The summed E-state index contributed by atoms with van der Waals surface area (Å²) in [5.74, 6) is -1.79. The first kappa shape index (κ1) is 16.0. The van der Waals surface area contributed by atoms with E-state index in [1.54, 1.807) is 20.9 Å². The smallest absolute Gasteiger partial charge is 0.307 e. The van der Waals surface area contributed by atoms with Crippen molar-refractivity contribution in [3.63, 3.8) is 0 Å². The number of carboxylic acid groups (broad SMARTS) is 1. The van der Waals surface area contributed by atoms with Crippen LogP contribution in [0.4, 0.5) is 0 Å². The van der Waals surface area contributed by atoms with Crippen LogP contribution in [-0.2, 0) is 9.59 Å². The molecule has 19 heavy (non-hydrogen) atoms. The molecule has 1 amide bonds. The fraction of sp³-hybridized carbons (Fsp3) is 0.857. The highest BCUT2D eigenvalue weighted by Crippen LogP contribution is 2.39. The van der Waals surface area contributed by atoms with Crippen LogP contribution < -0.4 is 0 Å². The molecule has 5 heteroatoms. The molecule has 0 spiro atoms. The summed E-state index contributed by atoms with van der Waals surface area (Å²) in [6, 6.07) is 0. The van der Waals surface area contributed by atoms with Gasteiger partial charge in [0.1, 0.15) is 0 Å². The second-order valence-corrected chi connectivity index (χ2v) is 6.16. The Labute approximate surface area is 114 Å². The number of carboxylic acids is 1. The molecule has 0 aromatic heterocycles. The van der Waals surface area contributed by atoms with Gasteiger partial charge in [-0.15, -0.1) is 0 Å². The topological polar surface area (TPSA) is 77.8 Å². The molecule has 1 saturated carbocycles. The van der Waals surface area contributed by atoms with E-state index in [1.807, 2.05) is 6.92 Å². The van der Waals surface area contributed by atoms with Crippen LogP contribution in [0.5, 0.6) is 0 Å². The maximum atomic E-state index is 12.5. The molecule has 0 aliphatic heterocycles. The summed E-state index contributed by atoms with van der Waals surface area (Å²) in [7, 11) is 1.64. The molecule has 0 aromatic rings. The fourth-order valence-corrected chi connectivity index (χ4v) is 2.68. The van der Waals surface area contributed by atoms with Crippen molar-refractivity contribution < 1.29 is 19.8 Å². The lowest BCUT2D eigenvalue weighted by Gasteiger charge is -2.36. The minimum Gasteiger partial charge on any atom is -0.481 e. The third kappa shape index (κ3) is 3.26. The van der Waals surface area contributed by atoms with E-state index in [0.717, 1.165) is 6.42 Å². The Morgan fingerprint density at radius 2 is 1.79 bits per heavy atom. The van der Waals surface area contributed by atoms with E-state index in [4.69, 9.17) is 0 Å². The Hall–Kier alpha value is -1.10. The van der Waals surface area contributed by atoms with Crippen LogP contribution >= 0.6 is 0 Å². The molecule has 110 valence electrons. The third-order valence-corrected chi connectivity index (χ3v) is 4.50. The molecule has 1 rings (SSSR count). The zero-order valence-electron chi connectivity index (χ0n) is 12.2. The quantitative estimate of drug-likeness (QED) is 0.791. The summed E-state index contributed by atoms with van der Waals surface area (Å²) < 4.78 is 0. The van der Waals surface area contributed by atoms with Gasteiger partial charge in [-0.3, -0.25) is 9.59 Å². The summed E-state index contributed by atoms with van der Waals surface area (Å²) >= 11 is 0. The van der Waals surface area contributed by atoms with Gasteiger partial charge in [-0.1, -0.05) is 13.3 Å². The zero-order chi connectivity index (χ0) is 14.8. The third-order valence-electron chi connectivity index (χ3n) is 4.50. The summed E-state index contributed by atoms with van der Waals surface area (Å²) in [5, 5.41) is 18.6. The molecule has 5 nitrogen and oxygen atoms in total. The van der Waals surface area contributed by atoms with Crippen molar-refractivity contribution >= 4 is 11.9 Å². The fourth-order valence-electron chi connectivity index (χ4n) is 2.68. The minimum absolute atomic E-state index is 0.142. The van der Waals surface area contributed by atoms with Crippen molar-refractivity contribution in [2.24, 2.45) is 17.8 Å². The maximum Gasteiger partial charge on any atom is 0.307 e. The molecule has 3 unspecified atom stereocenters. The number of likely N-dealkylation sites (N-methyl/N-ethyl adjacent to an activating group) is 1. The van der Waals surface area contributed by atoms with Gasteiger partial charge in [0.05, 0.1) is 24.0 Å². The van der Waals surface area contributed by atoms with E-state index in [1.165, 1.54) is 4.90 Å². The average Bonchev–Trinajstić information content (AvgIpc) is 2.81. The molecule has 2 N–H and O–H groups in total. The highest BCUT2D eigenvalue weighted by Gasteiger charge is 2.44. The monoisotopic (exact) mass is 271 g/mol. The minimum atomic E-state index is -0.885. The Kier molecular flexibility index (Phi) is 4.96. The normalized spacial score (nSPS) is 27.3. The SMILES string of the molecule is CCC1CC(C(=O)O)C(C(=O)N(C)C(C)(C)CO)C1. The van der Waals surface area contributed by atoms with Gasteiger partial charge in [-0.25, -0.2) is 0 Å². The first-order valence-corrected chi connectivity index (χ1v) is 6.86. The van der Waals surface area contributed by atoms with E-state index in [2.05, 4.69) is 0 Å². The van der Waals surface area contributed by atoms with Gasteiger partial charge in [-0.05, 0) is 32.6 Å². The van der Waals surface area contributed by atoms with Crippen LogP contribution in [-0.4, -0.2) is 46.2 Å². The molecule has 0 saturated heterocycles. The summed E-state index contributed by atoms with van der Waals surface area (Å²) in [6.07, 6.45) is 2.12.